The number of carbonyl (C=O) groups is 3. The summed E-state index contributed by atoms with van der Waals surface area (Å²) in [6.07, 6.45) is 3.37. The molecule has 2 aliphatic heterocycles. The Bertz CT molecular complexity index is 799. The molecule has 0 radical (unpaired) electrons. The Morgan fingerprint density at radius 2 is 1.97 bits per heavy atom. The first-order valence-corrected chi connectivity index (χ1v) is 10.8. The summed E-state index contributed by atoms with van der Waals surface area (Å²) < 4.78 is 11.2. The van der Waals surface area contributed by atoms with E-state index in [0.717, 1.165) is 18.5 Å². The third-order valence-corrected chi connectivity index (χ3v) is 6.50. The standard InChI is InChI=1S/C20H29N3O5.CH2O2/c1-3-14-12-15(28-22-14)17(25)23-9-6-20(7-10-23)18(26)19(2,8-11-27-20)21-16(24)13-4-5-13;2-1-3/h12-13,18,26H,3-11H2,1-2H3,(H,21,24);1H,(H,2,3)/t18-,19+;/m1./s1. The van der Waals surface area contributed by atoms with Crippen molar-refractivity contribution in [2.45, 2.75) is 69.6 Å². The third kappa shape index (κ3) is 4.90. The van der Waals surface area contributed by atoms with E-state index >= 15 is 0 Å². The molecule has 10 heteroatoms. The van der Waals surface area contributed by atoms with Crippen molar-refractivity contribution in [1.29, 1.82) is 0 Å². The van der Waals surface area contributed by atoms with E-state index in [1.807, 2.05) is 13.8 Å². The quantitative estimate of drug-likeness (QED) is 0.592. The van der Waals surface area contributed by atoms with Crippen molar-refractivity contribution < 1.29 is 33.9 Å². The maximum absolute atomic E-state index is 12.7. The lowest BCUT2D eigenvalue weighted by Gasteiger charge is -2.53. The normalized spacial score (nSPS) is 27.2. The summed E-state index contributed by atoms with van der Waals surface area (Å²) in [5, 5.41) is 25.0. The monoisotopic (exact) mass is 437 g/mol. The lowest BCUT2D eigenvalue weighted by Crippen LogP contribution is -2.69. The van der Waals surface area contributed by atoms with Gasteiger partial charge in [0.15, 0.2) is 0 Å². The summed E-state index contributed by atoms with van der Waals surface area (Å²) in [5.41, 5.74) is -0.688. The van der Waals surface area contributed by atoms with E-state index < -0.39 is 17.2 Å². The molecule has 3 aliphatic rings. The zero-order valence-electron chi connectivity index (χ0n) is 18.0. The molecule has 0 bridgehead atoms. The summed E-state index contributed by atoms with van der Waals surface area (Å²) in [4.78, 5) is 35.0. The number of aryl methyl sites for hydroxylation is 1. The molecule has 1 aromatic rings. The highest BCUT2D eigenvalue weighted by Crippen LogP contribution is 2.41. The van der Waals surface area contributed by atoms with Gasteiger partial charge in [0.1, 0.15) is 6.10 Å². The molecule has 2 amide bonds. The van der Waals surface area contributed by atoms with Crippen molar-refractivity contribution in [1.82, 2.24) is 15.4 Å². The Morgan fingerprint density at radius 3 is 2.52 bits per heavy atom. The summed E-state index contributed by atoms with van der Waals surface area (Å²) in [6, 6.07) is 1.68. The van der Waals surface area contributed by atoms with E-state index in [0.29, 0.717) is 45.4 Å². The number of carboxylic acid groups (broad SMARTS) is 1. The van der Waals surface area contributed by atoms with Gasteiger partial charge in [-0.3, -0.25) is 14.4 Å². The van der Waals surface area contributed by atoms with E-state index in [2.05, 4.69) is 10.5 Å². The number of aliphatic hydroxyl groups excluding tert-OH is 1. The Labute approximate surface area is 180 Å². The summed E-state index contributed by atoms with van der Waals surface area (Å²) >= 11 is 0. The minimum absolute atomic E-state index is 0.0308. The van der Waals surface area contributed by atoms with Gasteiger partial charge in [0, 0.05) is 31.7 Å². The Hall–Kier alpha value is -2.46. The van der Waals surface area contributed by atoms with E-state index in [1.165, 1.54) is 0 Å². The number of ether oxygens (including phenoxy) is 1. The van der Waals surface area contributed by atoms with Crippen LogP contribution in [-0.4, -0.2) is 75.5 Å². The van der Waals surface area contributed by atoms with Crippen molar-refractivity contribution in [3.63, 3.8) is 0 Å². The van der Waals surface area contributed by atoms with Gasteiger partial charge in [-0.15, -0.1) is 0 Å². The molecule has 31 heavy (non-hydrogen) atoms. The number of carbonyl (C=O) groups excluding carboxylic acids is 2. The molecule has 10 nitrogen and oxygen atoms in total. The topological polar surface area (TPSA) is 142 Å². The van der Waals surface area contributed by atoms with Gasteiger partial charge in [0.25, 0.3) is 12.4 Å². The van der Waals surface area contributed by atoms with Crippen LogP contribution in [-0.2, 0) is 20.7 Å². The molecule has 1 aliphatic carbocycles. The van der Waals surface area contributed by atoms with Gasteiger partial charge < -0.3 is 29.7 Å². The largest absolute Gasteiger partial charge is 0.483 e. The number of rotatable bonds is 4. The molecule has 0 unspecified atom stereocenters. The Morgan fingerprint density at radius 1 is 1.32 bits per heavy atom. The lowest BCUT2D eigenvalue weighted by molar-refractivity contribution is -0.205. The second-order valence-corrected chi connectivity index (χ2v) is 8.68. The smallest absolute Gasteiger partial charge is 0.292 e. The van der Waals surface area contributed by atoms with Crippen LogP contribution in [0.25, 0.3) is 0 Å². The molecule has 3 fully saturated rings. The van der Waals surface area contributed by atoms with Gasteiger partial charge in [-0.2, -0.15) is 0 Å². The van der Waals surface area contributed by atoms with Crippen LogP contribution in [0.1, 0.15) is 62.2 Å². The minimum Gasteiger partial charge on any atom is -0.483 e. The number of piperidine rings is 1. The highest BCUT2D eigenvalue weighted by molar-refractivity contribution is 5.91. The molecule has 1 spiro atoms. The summed E-state index contributed by atoms with van der Waals surface area (Å²) in [6.45, 7) is 5.02. The Balaban J connectivity index is 0.000000858. The molecule has 3 N–H and O–H groups in total. The molecule has 1 saturated carbocycles. The Kier molecular flexibility index (Phi) is 7.00. The van der Waals surface area contributed by atoms with Crippen LogP contribution in [0.5, 0.6) is 0 Å². The highest BCUT2D eigenvalue weighted by Gasteiger charge is 2.54. The molecule has 4 rings (SSSR count). The fourth-order valence-corrected chi connectivity index (χ4v) is 4.36. The predicted octanol–water partition coefficient (Wildman–Crippen LogP) is 0.979. The third-order valence-electron chi connectivity index (χ3n) is 6.50. The number of hydrogen-bond acceptors (Lipinski definition) is 7. The average Bonchev–Trinajstić information content (AvgIpc) is 3.50. The lowest BCUT2D eigenvalue weighted by atomic mass is 9.73. The van der Waals surface area contributed by atoms with Gasteiger partial charge in [0.05, 0.1) is 16.8 Å². The first kappa shape index (κ1) is 23.2. The molecule has 1 aromatic heterocycles. The van der Waals surface area contributed by atoms with Crippen LogP contribution < -0.4 is 5.32 Å². The van der Waals surface area contributed by atoms with Crippen molar-refractivity contribution in [3.05, 3.63) is 17.5 Å². The fourth-order valence-electron chi connectivity index (χ4n) is 4.36. The molecular formula is C21H31N3O7. The maximum Gasteiger partial charge on any atom is 0.292 e. The first-order valence-electron chi connectivity index (χ1n) is 10.8. The highest BCUT2D eigenvalue weighted by atomic mass is 16.5. The number of aliphatic hydroxyl groups is 1. The second kappa shape index (κ2) is 9.35. The van der Waals surface area contributed by atoms with Gasteiger partial charge >= 0.3 is 0 Å². The average molecular weight is 437 g/mol. The zero-order valence-corrected chi connectivity index (χ0v) is 18.0. The van der Waals surface area contributed by atoms with E-state index in [1.54, 1.807) is 11.0 Å². The van der Waals surface area contributed by atoms with Gasteiger partial charge in [-0.25, -0.2) is 0 Å². The van der Waals surface area contributed by atoms with Crippen LogP contribution in [0.2, 0.25) is 0 Å². The van der Waals surface area contributed by atoms with E-state index in [9.17, 15) is 14.7 Å². The molecule has 2 saturated heterocycles. The van der Waals surface area contributed by atoms with Crippen molar-refractivity contribution in [3.8, 4) is 0 Å². The van der Waals surface area contributed by atoms with Crippen molar-refractivity contribution >= 4 is 18.3 Å². The molecular weight excluding hydrogens is 406 g/mol. The van der Waals surface area contributed by atoms with Crippen LogP contribution in [0.4, 0.5) is 0 Å². The number of aromatic nitrogens is 1. The molecule has 2 atom stereocenters. The molecule has 3 heterocycles. The predicted molar refractivity (Wildman–Crippen MR) is 108 cm³/mol. The maximum atomic E-state index is 12.7. The van der Waals surface area contributed by atoms with Gasteiger partial charge in [-0.05, 0) is 45.4 Å². The number of nitrogens with zero attached hydrogens (tertiary/aromatic N) is 2. The minimum atomic E-state index is -0.814. The van der Waals surface area contributed by atoms with Crippen LogP contribution in [0.15, 0.2) is 10.6 Å². The number of amides is 2. The van der Waals surface area contributed by atoms with Crippen molar-refractivity contribution in [2.75, 3.05) is 19.7 Å². The summed E-state index contributed by atoms with van der Waals surface area (Å²) in [5.74, 6) is 0.192. The number of nitrogens with one attached hydrogen (secondary N) is 1. The SMILES string of the molecule is CCc1cc(C(=O)N2CCC3(CC2)OCC[C@](C)(NC(=O)C2CC2)[C@H]3O)on1.O=CO. The van der Waals surface area contributed by atoms with E-state index in [4.69, 9.17) is 19.2 Å². The van der Waals surface area contributed by atoms with Crippen molar-refractivity contribution in [2.24, 2.45) is 5.92 Å². The van der Waals surface area contributed by atoms with E-state index in [-0.39, 0.29) is 30.0 Å². The van der Waals surface area contributed by atoms with Crippen LogP contribution in [0.3, 0.4) is 0 Å². The van der Waals surface area contributed by atoms with Gasteiger partial charge in [0.2, 0.25) is 11.7 Å². The zero-order chi connectivity index (χ0) is 22.6. The molecule has 172 valence electrons. The first-order chi connectivity index (χ1) is 14.8. The summed E-state index contributed by atoms with van der Waals surface area (Å²) in [7, 11) is 0. The molecule has 0 aromatic carbocycles. The number of likely N-dealkylation sites (tertiary alicyclic amines) is 1. The number of hydrogen-bond donors (Lipinski definition) is 3. The second-order valence-electron chi connectivity index (χ2n) is 8.68. The van der Waals surface area contributed by atoms with Crippen LogP contribution >= 0.6 is 0 Å². The van der Waals surface area contributed by atoms with Crippen LogP contribution in [0, 0.1) is 5.92 Å². The fraction of sp³-hybridized carbons (Fsp3) is 0.714. The van der Waals surface area contributed by atoms with Gasteiger partial charge in [-0.1, -0.05) is 12.1 Å².